The second-order valence-corrected chi connectivity index (χ2v) is 12.1. The summed E-state index contributed by atoms with van der Waals surface area (Å²) < 4.78 is 12.6. The van der Waals surface area contributed by atoms with E-state index in [4.69, 9.17) is 21.1 Å². The zero-order valence-electron chi connectivity index (χ0n) is 26.2. The summed E-state index contributed by atoms with van der Waals surface area (Å²) in [6.45, 7) is 5.77. The van der Waals surface area contributed by atoms with Crippen molar-refractivity contribution in [3.05, 3.63) is 143 Å². The number of likely N-dealkylation sites (tertiary alicyclic amines) is 1. The standard InChI is InChI=1S/C21H26ClNO.C17H21NO/c1-21(17-7-4-3-5-8-17,18-10-12-19(22)13-11-18)24-16-14-20-9-6-15-23(20)2;1-18(2)13-14-19-17(15-9-5-3-6-10-15)16-11-7-4-8-12-16/h3-5,7-8,10-13,20H,6,9,14-16H2,1-2H3;3-12,17H,13-14H2,1-2H3/t20-,21-;/m1./s1. The molecule has 1 saturated heterocycles. The van der Waals surface area contributed by atoms with Gasteiger partial charge in [0.1, 0.15) is 11.7 Å². The minimum Gasteiger partial charge on any atom is -0.367 e. The lowest BCUT2D eigenvalue weighted by Gasteiger charge is -2.32. The highest BCUT2D eigenvalue weighted by Crippen LogP contribution is 2.34. The summed E-state index contributed by atoms with van der Waals surface area (Å²) in [6, 6.07) is 39.9. The van der Waals surface area contributed by atoms with Crippen LogP contribution < -0.4 is 0 Å². The van der Waals surface area contributed by atoms with Gasteiger partial charge in [0.25, 0.3) is 0 Å². The highest BCUT2D eigenvalue weighted by atomic mass is 35.5. The Balaban J connectivity index is 0.000000203. The lowest BCUT2D eigenvalue weighted by atomic mass is 9.88. The van der Waals surface area contributed by atoms with Gasteiger partial charge in [-0.15, -0.1) is 0 Å². The van der Waals surface area contributed by atoms with Crippen LogP contribution >= 0.6 is 11.6 Å². The molecule has 1 aliphatic heterocycles. The molecule has 4 aromatic carbocycles. The molecular weight excluding hydrogens is 552 g/mol. The Hall–Kier alpha value is -2.99. The zero-order valence-corrected chi connectivity index (χ0v) is 26.9. The van der Waals surface area contributed by atoms with Crippen molar-refractivity contribution in [1.82, 2.24) is 9.80 Å². The first kappa shape index (κ1) is 32.9. The Morgan fingerprint density at radius 2 is 1.33 bits per heavy atom. The molecule has 0 N–H and O–H groups in total. The zero-order chi connectivity index (χ0) is 30.5. The summed E-state index contributed by atoms with van der Waals surface area (Å²) in [6.07, 6.45) is 3.67. The van der Waals surface area contributed by atoms with Crippen LogP contribution in [-0.4, -0.2) is 63.3 Å². The maximum atomic E-state index is 6.48. The largest absolute Gasteiger partial charge is 0.367 e. The van der Waals surface area contributed by atoms with Crippen LogP contribution in [0.5, 0.6) is 0 Å². The molecule has 43 heavy (non-hydrogen) atoms. The maximum absolute atomic E-state index is 6.48. The number of benzene rings is 4. The van der Waals surface area contributed by atoms with E-state index in [0.29, 0.717) is 6.04 Å². The fourth-order valence-corrected chi connectivity index (χ4v) is 5.72. The third-order valence-corrected chi connectivity index (χ3v) is 8.51. The highest BCUT2D eigenvalue weighted by molar-refractivity contribution is 6.30. The fourth-order valence-electron chi connectivity index (χ4n) is 5.59. The van der Waals surface area contributed by atoms with Crippen LogP contribution in [0.1, 0.15) is 54.5 Å². The SMILES string of the molecule is CN(C)CCOC(c1ccccc1)c1ccccc1.CN1CCC[C@@H]1CCO[C@](C)(c1ccccc1)c1ccc(Cl)cc1. The van der Waals surface area contributed by atoms with E-state index >= 15 is 0 Å². The molecule has 0 aliphatic carbocycles. The van der Waals surface area contributed by atoms with Crippen molar-refractivity contribution < 1.29 is 9.47 Å². The van der Waals surface area contributed by atoms with E-state index < -0.39 is 5.60 Å². The highest BCUT2D eigenvalue weighted by Gasteiger charge is 2.30. The van der Waals surface area contributed by atoms with Crippen molar-refractivity contribution in [1.29, 1.82) is 0 Å². The summed E-state index contributed by atoms with van der Waals surface area (Å²) in [5.74, 6) is 0. The first-order valence-corrected chi connectivity index (χ1v) is 15.8. The van der Waals surface area contributed by atoms with Crippen molar-refractivity contribution in [2.24, 2.45) is 0 Å². The average molecular weight is 599 g/mol. The Bertz CT molecular complexity index is 1280. The lowest BCUT2D eigenvalue weighted by Crippen LogP contribution is -2.31. The molecule has 1 fully saturated rings. The molecule has 0 bridgehead atoms. The molecule has 0 aromatic heterocycles. The van der Waals surface area contributed by atoms with Gasteiger partial charge in [0, 0.05) is 24.2 Å². The van der Waals surface area contributed by atoms with Gasteiger partial charge in [-0.25, -0.2) is 0 Å². The predicted molar refractivity (Wildman–Crippen MR) is 180 cm³/mol. The number of likely N-dealkylation sites (N-methyl/N-ethyl adjacent to an activating group) is 1. The molecule has 1 heterocycles. The Morgan fingerprint density at radius 3 is 1.84 bits per heavy atom. The second kappa shape index (κ2) is 16.7. The number of ether oxygens (including phenoxy) is 2. The molecule has 0 saturated carbocycles. The van der Waals surface area contributed by atoms with Crippen molar-refractivity contribution >= 4 is 11.6 Å². The first-order valence-electron chi connectivity index (χ1n) is 15.4. The topological polar surface area (TPSA) is 24.9 Å². The number of halogens is 1. The van der Waals surface area contributed by atoms with Gasteiger partial charge in [-0.3, -0.25) is 0 Å². The van der Waals surface area contributed by atoms with E-state index in [-0.39, 0.29) is 6.10 Å². The quantitative estimate of drug-likeness (QED) is 0.163. The van der Waals surface area contributed by atoms with Gasteiger partial charge in [0.2, 0.25) is 0 Å². The maximum Gasteiger partial charge on any atom is 0.115 e. The Morgan fingerprint density at radius 1 is 0.791 bits per heavy atom. The van der Waals surface area contributed by atoms with Crippen molar-refractivity contribution in [3.8, 4) is 0 Å². The van der Waals surface area contributed by atoms with E-state index in [1.54, 1.807) is 0 Å². The minimum atomic E-state index is -0.455. The molecule has 0 amide bonds. The summed E-state index contributed by atoms with van der Waals surface area (Å²) >= 11 is 6.07. The van der Waals surface area contributed by atoms with Crippen molar-refractivity contribution in [3.63, 3.8) is 0 Å². The third-order valence-electron chi connectivity index (χ3n) is 8.26. The normalized spacial score (nSPS) is 16.6. The van der Waals surface area contributed by atoms with E-state index in [2.05, 4.69) is 123 Å². The van der Waals surface area contributed by atoms with Crippen LogP contribution in [0.3, 0.4) is 0 Å². The van der Waals surface area contributed by atoms with E-state index in [1.165, 1.54) is 36.1 Å². The second-order valence-electron chi connectivity index (χ2n) is 11.7. The summed E-state index contributed by atoms with van der Waals surface area (Å²) in [7, 11) is 6.33. The van der Waals surface area contributed by atoms with Gasteiger partial charge < -0.3 is 19.3 Å². The third kappa shape index (κ3) is 9.76. The van der Waals surface area contributed by atoms with E-state index in [9.17, 15) is 0 Å². The van der Waals surface area contributed by atoms with Crippen molar-refractivity contribution in [2.75, 3.05) is 47.4 Å². The van der Waals surface area contributed by atoms with Gasteiger partial charge in [-0.2, -0.15) is 0 Å². The van der Waals surface area contributed by atoms with Gasteiger partial charge in [-0.1, -0.05) is 115 Å². The van der Waals surface area contributed by atoms with Gasteiger partial charge in [-0.05, 0) is 88.3 Å². The molecule has 0 spiro atoms. The lowest BCUT2D eigenvalue weighted by molar-refractivity contribution is -0.0117. The predicted octanol–water partition coefficient (Wildman–Crippen LogP) is 8.46. The minimum absolute atomic E-state index is 0.0161. The number of nitrogens with zero attached hydrogens (tertiary/aromatic N) is 2. The molecule has 0 unspecified atom stereocenters. The van der Waals surface area contributed by atoms with E-state index in [0.717, 1.165) is 36.8 Å². The summed E-state index contributed by atoms with van der Waals surface area (Å²) in [4.78, 5) is 4.58. The monoisotopic (exact) mass is 598 g/mol. The molecule has 4 aromatic rings. The smallest absolute Gasteiger partial charge is 0.115 e. The fraction of sp³-hybridized carbons (Fsp3) is 0.368. The number of hydrogen-bond acceptors (Lipinski definition) is 4. The van der Waals surface area contributed by atoms with Gasteiger partial charge >= 0.3 is 0 Å². The Kier molecular flexibility index (Phi) is 12.8. The Labute approximate surface area is 264 Å². The van der Waals surface area contributed by atoms with E-state index in [1.807, 2.05) is 30.3 Å². The summed E-state index contributed by atoms with van der Waals surface area (Å²) in [5.41, 5.74) is 4.26. The van der Waals surface area contributed by atoms with Crippen LogP contribution in [0.2, 0.25) is 5.02 Å². The van der Waals surface area contributed by atoms with Crippen LogP contribution in [0, 0.1) is 0 Å². The molecule has 228 valence electrons. The van der Waals surface area contributed by atoms with Gasteiger partial charge in [0.15, 0.2) is 0 Å². The molecule has 2 atom stereocenters. The van der Waals surface area contributed by atoms with Crippen molar-refractivity contribution in [2.45, 2.75) is 43.9 Å². The molecule has 1 aliphatic rings. The first-order chi connectivity index (χ1) is 20.9. The molecular formula is C38H47ClN2O2. The van der Waals surface area contributed by atoms with Crippen LogP contribution in [0.4, 0.5) is 0 Å². The van der Waals surface area contributed by atoms with Gasteiger partial charge in [0.05, 0.1) is 6.61 Å². The molecule has 4 nitrogen and oxygen atoms in total. The average Bonchev–Trinajstić information content (AvgIpc) is 3.45. The molecule has 5 rings (SSSR count). The van der Waals surface area contributed by atoms with Crippen LogP contribution in [0.15, 0.2) is 115 Å². The van der Waals surface area contributed by atoms with Crippen LogP contribution in [0.25, 0.3) is 0 Å². The number of rotatable bonds is 12. The van der Waals surface area contributed by atoms with Crippen LogP contribution in [-0.2, 0) is 15.1 Å². The molecule has 5 heteroatoms. The molecule has 0 radical (unpaired) electrons. The summed E-state index contributed by atoms with van der Waals surface area (Å²) in [5, 5.41) is 0.752. The number of hydrogen-bond donors (Lipinski definition) is 0.